The van der Waals surface area contributed by atoms with Crippen LogP contribution in [-0.4, -0.2) is 64.2 Å². The molecule has 2 fully saturated rings. The largest absolute Gasteiger partial charge is 0.337 e. The van der Waals surface area contributed by atoms with Crippen LogP contribution in [0, 0.1) is 5.82 Å². The first-order valence-electron chi connectivity index (χ1n) is 10.3. The van der Waals surface area contributed by atoms with Gasteiger partial charge >= 0.3 is 0 Å². The smallest absolute Gasteiger partial charge is 0.253 e. The van der Waals surface area contributed by atoms with Crippen LogP contribution in [0.15, 0.2) is 58.3 Å². The lowest BCUT2D eigenvalue weighted by molar-refractivity contribution is 0.0764. The van der Waals surface area contributed by atoms with Crippen molar-refractivity contribution in [2.75, 3.05) is 26.2 Å². The van der Waals surface area contributed by atoms with Gasteiger partial charge in [0.25, 0.3) is 5.91 Å². The van der Waals surface area contributed by atoms with E-state index in [2.05, 4.69) is 4.72 Å². The highest BCUT2D eigenvalue weighted by Gasteiger charge is 2.30. The van der Waals surface area contributed by atoms with Crippen molar-refractivity contribution in [1.29, 1.82) is 0 Å². The third-order valence-corrected chi connectivity index (χ3v) is 8.95. The second-order valence-electron chi connectivity index (χ2n) is 7.92. The number of halogens is 1. The van der Waals surface area contributed by atoms with E-state index in [0.717, 1.165) is 25.0 Å². The van der Waals surface area contributed by atoms with Crippen molar-refractivity contribution in [2.24, 2.45) is 0 Å². The summed E-state index contributed by atoms with van der Waals surface area (Å²) < 4.78 is 67.3. The Morgan fingerprint density at radius 2 is 1.47 bits per heavy atom. The summed E-state index contributed by atoms with van der Waals surface area (Å²) >= 11 is 0. The summed E-state index contributed by atoms with van der Waals surface area (Å²) in [5.74, 6) is -0.802. The molecule has 1 N–H and O–H groups in total. The molecule has 2 aromatic rings. The maximum absolute atomic E-state index is 13.1. The van der Waals surface area contributed by atoms with Crippen LogP contribution >= 0.6 is 0 Å². The zero-order valence-corrected chi connectivity index (χ0v) is 18.9. The van der Waals surface area contributed by atoms with E-state index in [9.17, 15) is 26.0 Å². The van der Waals surface area contributed by atoms with Crippen LogP contribution < -0.4 is 4.72 Å². The molecule has 1 heterocycles. The quantitative estimate of drug-likeness (QED) is 0.678. The summed E-state index contributed by atoms with van der Waals surface area (Å²) in [6, 6.07) is 10.4. The summed E-state index contributed by atoms with van der Waals surface area (Å²) in [6.07, 6.45) is 2.11. The van der Waals surface area contributed by atoms with Gasteiger partial charge in [-0.3, -0.25) is 4.79 Å². The van der Waals surface area contributed by atoms with Crippen LogP contribution in [0.5, 0.6) is 0 Å². The Balaban J connectivity index is 1.42. The second kappa shape index (κ2) is 8.89. The highest BCUT2D eigenvalue weighted by Crippen LogP contribution is 2.23. The second-order valence-corrected chi connectivity index (χ2v) is 11.6. The van der Waals surface area contributed by atoms with Gasteiger partial charge in [-0.1, -0.05) is 0 Å². The zero-order valence-electron chi connectivity index (χ0n) is 17.3. The molecule has 1 saturated heterocycles. The van der Waals surface area contributed by atoms with Gasteiger partial charge in [-0.15, -0.1) is 0 Å². The number of hydrogen-bond acceptors (Lipinski definition) is 5. The Morgan fingerprint density at radius 3 is 2.09 bits per heavy atom. The molecular formula is C21H24FN3O5S2. The molecule has 0 unspecified atom stereocenters. The van der Waals surface area contributed by atoms with Crippen molar-refractivity contribution in [3.63, 3.8) is 0 Å². The van der Waals surface area contributed by atoms with Gasteiger partial charge in [0.2, 0.25) is 20.0 Å². The molecule has 0 bridgehead atoms. The fourth-order valence-electron chi connectivity index (χ4n) is 3.54. The normalized spacial score (nSPS) is 18.3. The summed E-state index contributed by atoms with van der Waals surface area (Å²) in [4.78, 5) is 14.6. The number of nitrogens with zero attached hydrogens (tertiary/aromatic N) is 2. The number of rotatable bonds is 6. The van der Waals surface area contributed by atoms with E-state index in [1.54, 1.807) is 4.90 Å². The van der Waals surface area contributed by atoms with E-state index >= 15 is 0 Å². The Kier molecular flexibility index (Phi) is 6.35. The number of carbonyl (C=O) groups is 1. The minimum absolute atomic E-state index is 0.00691. The lowest BCUT2D eigenvalue weighted by Gasteiger charge is -2.22. The Hall–Kier alpha value is -2.34. The van der Waals surface area contributed by atoms with Gasteiger partial charge in [-0.2, -0.15) is 4.31 Å². The third-order valence-electron chi connectivity index (χ3n) is 5.50. The first-order valence-corrected chi connectivity index (χ1v) is 13.3. The number of hydrogen-bond donors (Lipinski definition) is 1. The minimum Gasteiger partial charge on any atom is -0.337 e. The molecule has 1 aliphatic carbocycles. The zero-order chi connectivity index (χ0) is 22.9. The van der Waals surface area contributed by atoms with Gasteiger partial charge < -0.3 is 4.90 Å². The first-order chi connectivity index (χ1) is 15.2. The van der Waals surface area contributed by atoms with Gasteiger partial charge in [-0.25, -0.2) is 25.9 Å². The highest BCUT2D eigenvalue weighted by molar-refractivity contribution is 7.89. The molecule has 1 saturated carbocycles. The predicted octanol–water partition coefficient (Wildman–Crippen LogP) is 1.80. The maximum Gasteiger partial charge on any atom is 0.253 e. The maximum atomic E-state index is 13.1. The first kappa shape index (κ1) is 22.8. The Morgan fingerprint density at radius 1 is 0.844 bits per heavy atom. The van der Waals surface area contributed by atoms with Gasteiger partial charge in [0.05, 0.1) is 9.79 Å². The van der Waals surface area contributed by atoms with E-state index in [0.29, 0.717) is 18.5 Å². The van der Waals surface area contributed by atoms with Crippen molar-refractivity contribution in [1.82, 2.24) is 13.9 Å². The Labute approximate surface area is 187 Å². The van der Waals surface area contributed by atoms with E-state index in [-0.39, 0.29) is 41.4 Å². The molecule has 11 heteroatoms. The lowest BCUT2D eigenvalue weighted by Crippen LogP contribution is -2.37. The number of nitrogens with one attached hydrogen (secondary N) is 1. The molecule has 0 radical (unpaired) electrons. The van der Waals surface area contributed by atoms with Crippen molar-refractivity contribution in [2.45, 2.75) is 35.1 Å². The van der Waals surface area contributed by atoms with Crippen molar-refractivity contribution in [3.8, 4) is 0 Å². The van der Waals surface area contributed by atoms with Gasteiger partial charge in [0.1, 0.15) is 5.82 Å². The van der Waals surface area contributed by atoms with E-state index in [1.165, 1.54) is 40.7 Å². The van der Waals surface area contributed by atoms with Gasteiger partial charge in [0.15, 0.2) is 0 Å². The van der Waals surface area contributed by atoms with E-state index in [1.807, 2.05) is 0 Å². The van der Waals surface area contributed by atoms with E-state index in [4.69, 9.17) is 0 Å². The van der Waals surface area contributed by atoms with Crippen LogP contribution in [0.1, 0.15) is 29.6 Å². The number of amides is 1. The standard InChI is InChI=1S/C21H24FN3O5S2/c22-17-4-10-20(11-5-17)32(29,30)25-13-1-12-24(14-15-25)21(26)16-2-8-19(9-3-16)31(27,28)23-18-6-7-18/h2-5,8-11,18,23H,1,6-7,12-15H2. The monoisotopic (exact) mass is 481 g/mol. The van der Waals surface area contributed by atoms with Crippen molar-refractivity contribution in [3.05, 3.63) is 59.9 Å². The molecule has 2 aliphatic rings. The summed E-state index contributed by atoms with van der Waals surface area (Å²) in [7, 11) is -7.38. The summed E-state index contributed by atoms with van der Waals surface area (Å²) in [5, 5.41) is 0. The molecule has 32 heavy (non-hydrogen) atoms. The van der Waals surface area contributed by atoms with Gasteiger partial charge in [-0.05, 0) is 67.8 Å². The van der Waals surface area contributed by atoms with Crippen LogP contribution in [0.3, 0.4) is 0 Å². The molecule has 0 atom stereocenters. The number of carbonyl (C=O) groups excluding carboxylic acids is 1. The predicted molar refractivity (Wildman–Crippen MR) is 115 cm³/mol. The highest BCUT2D eigenvalue weighted by atomic mass is 32.2. The molecule has 172 valence electrons. The molecule has 2 aromatic carbocycles. The molecule has 1 aliphatic heterocycles. The molecular weight excluding hydrogens is 457 g/mol. The molecule has 0 spiro atoms. The van der Waals surface area contributed by atoms with E-state index < -0.39 is 25.9 Å². The SMILES string of the molecule is O=C(c1ccc(S(=O)(=O)NC2CC2)cc1)N1CCCN(S(=O)(=O)c2ccc(F)cc2)CC1. The van der Waals surface area contributed by atoms with Crippen molar-refractivity contribution >= 4 is 26.0 Å². The molecule has 0 aromatic heterocycles. The number of benzene rings is 2. The average molecular weight is 482 g/mol. The average Bonchev–Trinajstić information content (AvgIpc) is 3.60. The molecule has 8 nitrogen and oxygen atoms in total. The summed E-state index contributed by atoms with van der Waals surface area (Å²) in [6.45, 7) is 0.927. The van der Waals surface area contributed by atoms with Crippen LogP contribution in [-0.2, 0) is 20.0 Å². The van der Waals surface area contributed by atoms with Gasteiger partial charge in [0, 0.05) is 37.8 Å². The van der Waals surface area contributed by atoms with Crippen LogP contribution in [0.25, 0.3) is 0 Å². The van der Waals surface area contributed by atoms with Crippen LogP contribution in [0.4, 0.5) is 4.39 Å². The fraction of sp³-hybridized carbons (Fsp3) is 0.381. The topological polar surface area (TPSA) is 104 Å². The third kappa shape index (κ3) is 5.01. The molecule has 1 amide bonds. The lowest BCUT2D eigenvalue weighted by atomic mass is 10.2. The minimum atomic E-state index is -3.79. The van der Waals surface area contributed by atoms with Crippen LogP contribution in [0.2, 0.25) is 0 Å². The fourth-order valence-corrected chi connectivity index (χ4v) is 6.32. The Bertz CT molecular complexity index is 1200. The number of sulfonamides is 2. The van der Waals surface area contributed by atoms with Crippen molar-refractivity contribution < 1.29 is 26.0 Å². The molecule has 4 rings (SSSR count). The summed E-state index contributed by atoms with van der Waals surface area (Å²) in [5.41, 5.74) is 0.338.